The number of fused-ring (bicyclic) bond motifs is 1. The van der Waals surface area contributed by atoms with Crippen LogP contribution in [0.1, 0.15) is 10.4 Å². The molecule has 0 aliphatic rings. The minimum absolute atomic E-state index is 0.152. The fourth-order valence-corrected chi connectivity index (χ4v) is 2.66. The molecular weight excluding hydrogens is 302 g/mol. The second kappa shape index (κ2) is 6.62. The first-order chi connectivity index (χ1) is 11.6. The summed E-state index contributed by atoms with van der Waals surface area (Å²) in [5, 5.41) is 2.23. The lowest BCUT2D eigenvalue weighted by atomic mass is 10.1. The van der Waals surface area contributed by atoms with E-state index in [1.807, 2.05) is 42.5 Å². The Morgan fingerprint density at radius 2 is 1.62 bits per heavy atom. The van der Waals surface area contributed by atoms with Gasteiger partial charge in [-0.25, -0.2) is 0 Å². The van der Waals surface area contributed by atoms with Gasteiger partial charge in [0.1, 0.15) is 11.5 Å². The van der Waals surface area contributed by atoms with Crippen LogP contribution in [0, 0.1) is 0 Å². The highest BCUT2D eigenvalue weighted by atomic mass is 16.5. The minimum atomic E-state index is -0.152. The molecule has 24 heavy (non-hydrogen) atoms. The Morgan fingerprint density at radius 3 is 2.33 bits per heavy atom. The van der Waals surface area contributed by atoms with Crippen molar-refractivity contribution in [3.63, 3.8) is 0 Å². The Kier molecular flexibility index (Phi) is 4.38. The average molecular weight is 321 g/mol. The molecule has 0 saturated carbocycles. The predicted molar refractivity (Wildman–Crippen MR) is 96.2 cm³/mol. The number of nitrogens with zero attached hydrogens (tertiary/aromatic N) is 1. The molecule has 4 heteroatoms. The second-order valence-corrected chi connectivity index (χ2v) is 5.46. The summed E-state index contributed by atoms with van der Waals surface area (Å²) in [6, 6.07) is 19.2. The second-order valence-electron chi connectivity index (χ2n) is 5.46. The number of hydrogen-bond acceptors (Lipinski definition) is 3. The maximum atomic E-state index is 12.9. The Morgan fingerprint density at radius 1 is 0.875 bits per heavy atom. The number of benzene rings is 3. The molecule has 0 atom stereocenters. The molecule has 1 amide bonds. The molecule has 3 aromatic carbocycles. The summed E-state index contributed by atoms with van der Waals surface area (Å²) >= 11 is 0. The number of methoxy groups -OCH3 is 2. The van der Waals surface area contributed by atoms with Gasteiger partial charge in [-0.2, -0.15) is 0 Å². The van der Waals surface area contributed by atoms with Crippen LogP contribution in [0.3, 0.4) is 0 Å². The maximum absolute atomic E-state index is 12.9. The summed E-state index contributed by atoms with van der Waals surface area (Å²) in [6.07, 6.45) is 0. The van der Waals surface area contributed by atoms with Crippen molar-refractivity contribution in [3.05, 3.63) is 66.2 Å². The molecule has 0 fully saturated rings. The van der Waals surface area contributed by atoms with E-state index in [1.165, 1.54) is 0 Å². The number of hydrogen-bond donors (Lipinski definition) is 0. The van der Waals surface area contributed by atoms with E-state index in [-0.39, 0.29) is 5.91 Å². The molecule has 0 N–H and O–H groups in total. The molecule has 3 aromatic rings. The highest BCUT2D eigenvalue weighted by Gasteiger charge is 2.19. The highest BCUT2D eigenvalue weighted by molar-refractivity contribution is 6.08. The molecule has 3 rings (SSSR count). The van der Waals surface area contributed by atoms with Crippen LogP contribution in [0.25, 0.3) is 10.8 Å². The highest BCUT2D eigenvalue weighted by Crippen LogP contribution is 2.28. The summed E-state index contributed by atoms with van der Waals surface area (Å²) < 4.78 is 10.5. The van der Waals surface area contributed by atoms with E-state index >= 15 is 0 Å². The van der Waals surface area contributed by atoms with E-state index < -0.39 is 0 Å². The van der Waals surface area contributed by atoms with Gasteiger partial charge in [0.15, 0.2) is 0 Å². The van der Waals surface area contributed by atoms with Gasteiger partial charge in [-0.05, 0) is 41.1 Å². The molecule has 122 valence electrons. The van der Waals surface area contributed by atoms with E-state index in [1.54, 1.807) is 44.4 Å². The van der Waals surface area contributed by atoms with Gasteiger partial charge in [0, 0.05) is 12.7 Å². The number of rotatable bonds is 4. The van der Waals surface area contributed by atoms with Gasteiger partial charge in [-0.3, -0.25) is 4.79 Å². The van der Waals surface area contributed by atoms with E-state index in [9.17, 15) is 4.79 Å². The van der Waals surface area contributed by atoms with Crippen LogP contribution in [-0.4, -0.2) is 27.2 Å². The zero-order valence-electron chi connectivity index (χ0n) is 13.9. The maximum Gasteiger partial charge on any atom is 0.261 e. The van der Waals surface area contributed by atoms with Crippen LogP contribution in [-0.2, 0) is 0 Å². The lowest BCUT2D eigenvalue weighted by Gasteiger charge is -2.20. The Bertz CT molecular complexity index is 889. The van der Waals surface area contributed by atoms with Gasteiger partial charge in [-0.15, -0.1) is 0 Å². The molecule has 0 bridgehead atoms. The predicted octanol–water partition coefficient (Wildman–Crippen LogP) is 4.13. The van der Waals surface area contributed by atoms with Crippen LogP contribution in [0.15, 0.2) is 60.7 Å². The lowest BCUT2D eigenvalue weighted by Crippen LogP contribution is -2.26. The summed E-state index contributed by atoms with van der Waals surface area (Å²) in [5.41, 5.74) is 1.29. The molecule has 0 aliphatic carbocycles. The van der Waals surface area contributed by atoms with Gasteiger partial charge in [0.25, 0.3) is 5.91 Å². The van der Waals surface area contributed by atoms with Crippen molar-refractivity contribution in [3.8, 4) is 11.5 Å². The zero-order valence-corrected chi connectivity index (χ0v) is 13.9. The van der Waals surface area contributed by atoms with Gasteiger partial charge in [0.2, 0.25) is 0 Å². The third-order valence-corrected chi connectivity index (χ3v) is 4.06. The smallest absolute Gasteiger partial charge is 0.261 e. The molecule has 4 nitrogen and oxygen atoms in total. The fourth-order valence-electron chi connectivity index (χ4n) is 2.66. The summed E-state index contributed by atoms with van der Waals surface area (Å²) in [6.45, 7) is 0. The van der Waals surface area contributed by atoms with Gasteiger partial charge in [-0.1, -0.05) is 30.3 Å². The third-order valence-electron chi connectivity index (χ3n) is 4.06. The normalized spacial score (nSPS) is 10.5. The monoisotopic (exact) mass is 321 g/mol. The van der Waals surface area contributed by atoms with Crippen molar-refractivity contribution in [1.29, 1.82) is 0 Å². The number of carbonyl (C=O) groups is 1. The lowest BCUT2D eigenvalue weighted by molar-refractivity contribution is 0.0989. The van der Waals surface area contributed by atoms with Crippen LogP contribution in [0.4, 0.5) is 5.69 Å². The average Bonchev–Trinajstić information content (AvgIpc) is 2.65. The van der Waals surface area contributed by atoms with Crippen LogP contribution in [0.5, 0.6) is 11.5 Å². The van der Waals surface area contributed by atoms with Crippen molar-refractivity contribution in [2.75, 3.05) is 26.2 Å². The molecule has 0 aliphatic heterocycles. The molecule has 0 spiro atoms. The topological polar surface area (TPSA) is 38.8 Å². The molecule has 0 radical (unpaired) electrons. The Hall–Kier alpha value is -3.01. The molecule has 0 aromatic heterocycles. The number of carbonyl (C=O) groups excluding carboxylic acids is 1. The molecular formula is C20H19NO3. The van der Waals surface area contributed by atoms with Gasteiger partial charge < -0.3 is 14.4 Å². The zero-order chi connectivity index (χ0) is 17.1. The SMILES string of the molecule is COc1ccc(OC)c(C(=O)N(C)c2ccc3ccccc3c2)c1. The van der Waals surface area contributed by atoms with E-state index in [4.69, 9.17) is 9.47 Å². The van der Waals surface area contributed by atoms with E-state index in [0.717, 1.165) is 16.5 Å². The van der Waals surface area contributed by atoms with Crippen LogP contribution in [0.2, 0.25) is 0 Å². The number of amides is 1. The van der Waals surface area contributed by atoms with Crippen molar-refractivity contribution in [2.24, 2.45) is 0 Å². The van der Waals surface area contributed by atoms with Crippen molar-refractivity contribution in [1.82, 2.24) is 0 Å². The first kappa shape index (κ1) is 15.9. The van der Waals surface area contributed by atoms with E-state index in [0.29, 0.717) is 17.1 Å². The third kappa shape index (κ3) is 2.91. The van der Waals surface area contributed by atoms with Crippen LogP contribution < -0.4 is 14.4 Å². The van der Waals surface area contributed by atoms with Crippen molar-refractivity contribution < 1.29 is 14.3 Å². The van der Waals surface area contributed by atoms with Gasteiger partial charge in [0.05, 0.1) is 19.8 Å². The van der Waals surface area contributed by atoms with Crippen LogP contribution >= 0.6 is 0 Å². The molecule has 0 heterocycles. The van der Waals surface area contributed by atoms with Crippen molar-refractivity contribution >= 4 is 22.4 Å². The van der Waals surface area contributed by atoms with Gasteiger partial charge >= 0.3 is 0 Å². The Balaban J connectivity index is 1.99. The number of anilines is 1. The van der Waals surface area contributed by atoms with Crippen molar-refractivity contribution in [2.45, 2.75) is 0 Å². The largest absolute Gasteiger partial charge is 0.497 e. The van der Waals surface area contributed by atoms with E-state index in [2.05, 4.69) is 0 Å². The fraction of sp³-hybridized carbons (Fsp3) is 0.150. The number of ether oxygens (including phenoxy) is 2. The molecule has 0 unspecified atom stereocenters. The first-order valence-corrected chi connectivity index (χ1v) is 7.63. The standard InChI is InChI=1S/C20H19NO3/c1-21(16-9-8-14-6-4-5-7-15(14)12-16)20(22)18-13-17(23-2)10-11-19(18)24-3/h4-13H,1-3H3. The minimum Gasteiger partial charge on any atom is -0.497 e. The Labute approximate surface area is 141 Å². The summed E-state index contributed by atoms with van der Waals surface area (Å²) in [7, 11) is 4.88. The first-order valence-electron chi connectivity index (χ1n) is 7.63. The summed E-state index contributed by atoms with van der Waals surface area (Å²) in [4.78, 5) is 14.5. The quantitative estimate of drug-likeness (QED) is 0.725. The molecule has 0 saturated heterocycles. The summed E-state index contributed by atoms with van der Waals surface area (Å²) in [5.74, 6) is 0.987.